The number of amides is 1. The number of anilines is 1. The third-order valence-electron chi connectivity index (χ3n) is 5.68. The maximum Gasteiger partial charge on any atom is 0.328 e. The summed E-state index contributed by atoms with van der Waals surface area (Å²) >= 11 is 2.37. The van der Waals surface area contributed by atoms with Gasteiger partial charge in [-0.1, -0.05) is 0 Å². The summed E-state index contributed by atoms with van der Waals surface area (Å²) in [4.78, 5) is 44.4. The normalized spacial score (nSPS) is 17.8. The topological polar surface area (TPSA) is 195 Å². The molecular formula is C22H18N4O7S2. The maximum atomic E-state index is 11.9. The minimum atomic E-state index is -1.17. The summed E-state index contributed by atoms with van der Waals surface area (Å²) in [5, 5.41) is 42.8. The van der Waals surface area contributed by atoms with Crippen LogP contribution in [-0.2, 0) is 27.2 Å². The monoisotopic (exact) mass is 514 g/mol. The van der Waals surface area contributed by atoms with E-state index in [0.717, 1.165) is 11.3 Å². The van der Waals surface area contributed by atoms with E-state index in [-0.39, 0.29) is 52.9 Å². The Balaban J connectivity index is 1.67. The second-order valence-electron chi connectivity index (χ2n) is 8.14. The number of phenols is 2. The van der Waals surface area contributed by atoms with Gasteiger partial charge >= 0.3 is 11.9 Å². The zero-order valence-electron chi connectivity index (χ0n) is 17.8. The number of nitrogens with one attached hydrogen (secondary N) is 1. The van der Waals surface area contributed by atoms with Crippen LogP contribution in [-0.4, -0.2) is 66.8 Å². The van der Waals surface area contributed by atoms with Crippen LogP contribution in [0.15, 0.2) is 28.1 Å². The highest BCUT2D eigenvalue weighted by Gasteiger charge is 2.34. The van der Waals surface area contributed by atoms with Gasteiger partial charge in [-0.2, -0.15) is 0 Å². The van der Waals surface area contributed by atoms with E-state index >= 15 is 0 Å². The van der Waals surface area contributed by atoms with Crippen LogP contribution in [0.5, 0.6) is 11.5 Å². The fourth-order valence-electron chi connectivity index (χ4n) is 4.10. The van der Waals surface area contributed by atoms with Crippen molar-refractivity contribution in [3.8, 4) is 11.5 Å². The number of thiazole rings is 1. The summed E-state index contributed by atoms with van der Waals surface area (Å²) in [6.07, 6.45) is 0.0525. The van der Waals surface area contributed by atoms with Gasteiger partial charge in [-0.05, 0) is 35.7 Å². The first-order valence-electron chi connectivity index (χ1n) is 10.4. The molecule has 0 saturated carbocycles. The van der Waals surface area contributed by atoms with Crippen molar-refractivity contribution in [3.63, 3.8) is 0 Å². The number of benzene rings is 2. The van der Waals surface area contributed by atoms with Gasteiger partial charge in [-0.15, -0.1) is 23.1 Å². The number of phenolic OH excluding ortho intramolecular Hbond substituents is 2. The molecule has 180 valence electrons. The van der Waals surface area contributed by atoms with Crippen LogP contribution >= 0.6 is 23.1 Å². The number of rotatable bonds is 5. The number of hydrogen-bond donors (Lipinski definition) is 6. The van der Waals surface area contributed by atoms with Crippen molar-refractivity contribution >= 4 is 62.6 Å². The zero-order valence-corrected chi connectivity index (χ0v) is 19.4. The third-order valence-corrected chi connectivity index (χ3v) is 7.80. The lowest BCUT2D eigenvalue weighted by Crippen LogP contribution is -2.32. The van der Waals surface area contributed by atoms with Crippen molar-refractivity contribution in [2.24, 2.45) is 10.7 Å². The molecule has 3 heterocycles. The minimum Gasteiger partial charge on any atom is -0.506 e. The quantitative estimate of drug-likeness (QED) is 0.272. The van der Waals surface area contributed by atoms with E-state index in [1.807, 2.05) is 0 Å². The molecule has 0 aliphatic carbocycles. The number of aliphatic imine (C=N–C) groups is 1. The smallest absolute Gasteiger partial charge is 0.328 e. The molecule has 2 aliphatic heterocycles. The average Bonchev–Trinajstić information content (AvgIpc) is 3.23. The summed E-state index contributed by atoms with van der Waals surface area (Å²) in [7, 11) is 0. The second kappa shape index (κ2) is 8.52. The van der Waals surface area contributed by atoms with Crippen LogP contribution in [0.4, 0.5) is 5.69 Å². The highest BCUT2D eigenvalue weighted by molar-refractivity contribution is 8.00. The lowest BCUT2D eigenvalue weighted by molar-refractivity contribution is -0.139. The molecule has 2 unspecified atom stereocenters. The molecule has 3 aromatic rings. The number of carboxylic acids is 2. The number of aromatic nitrogens is 1. The Hall–Kier alpha value is -3.68. The number of aliphatic carboxylic acids is 2. The molecule has 0 fully saturated rings. The van der Waals surface area contributed by atoms with Gasteiger partial charge in [-0.25, -0.2) is 9.78 Å². The van der Waals surface area contributed by atoms with Crippen LogP contribution in [0, 0.1) is 0 Å². The molecule has 0 saturated heterocycles. The van der Waals surface area contributed by atoms with Gasteiger partial charge in [0.25, 0.3) is 0 Å². The molecule has 7 N–H and O–H groups in total. The number of fused-ring (bicyclic) bond motifs is 4. The minimum absolute atomic E-state index is 0.0000574. The molecule has 11 nitrogen and oxygen atoms in total. The first kappa shape index (κ1) is 23.1. The molecule has 35 heavy (non-hydrogen) atoms. The molecule has 13 heteroatoms. The number of thioether (sulfide) groups is 1. The number of carbonyl (C=O) groups excluding carboxylic acids is 1. The van der Waals surface area contributed by atoms with Crippen molar-refractivity contribution < 1.29 is 34.8 Å². The zero-order chi connectivity index (χ0) is 25.0. The molecule has 0 radical (unpaired) electrons. The molecule has 5 rings (SSSR count). The summed E-state index contributed by atoms with van der Waals surface area (Å²) in [5.41, 5.74) is 8.04. The lowest BCUT2D eigenvalue weighted by Gasteiger charge is -2.27. The van der Waals surface area contributed by atoms with Gasteiger partial charge in [-0.3, -0.25) is 14.6 Å². The third kappa shape index (κ3) is 4.07. The Morgan fingerprint density at radius 2 is 1.97 bits per heavy atom. The summed E-state index contributed by atoms with van der Waals surface area (Å²) in [5.74, 6) is -2.79. The van der Waals surface area contributed by atoms with Crippen molar-refractivity contribution in [3.05, 3.63) is 39.9 Å². The molecule has 0 spiro atoms. The van der Waals surface area contributed by atoms with Gasteiger partial charge in [0.1, 0.15) is 33.8 Å². The average molecular weight is 515 g/mol. The van der Waals surface area contributed by atoms with Gasteiger partial charge in [0, 0.05) is 16.9 Å². The molecular weight excluding hydrogens is 496 g/mol. The SMILES string of the molecule is NC(Cc1cc(O)c2nc(C3=NC(C(=O)O)Cc4cc(O)c5c(c43)SCC(=O)N5)sc2c1)C(=O)O. The van der Waals surface area contributed by atoms with Crippen LogP contribution in [0.2, 0.25) is 0 Å². The standard InChI is InChI=1S/C22H18N4O7S2/c23-9(21(30)31)1-7-2-11(27)16-13(3-7)35-20(26-16)18-15-8(4-10(24-18)22(32)33)5-12(28)17-19(15)34-6-14(29)25-17/h2-3,5,9-10,27-28H,1,4,6,23H2,(H,25,29)(H,30,31)(H,32,33). The number of hydrogen-bond acceptors (Lipinski definition) is 10. The first-order valence-corrected chi connectivity index (χ1v) is 12.2. The van der Waals surface area contributed by atoms with E-state index < -0.39 is 24.0 Å². The Labute approximate surface area is 205 Å². The second-order valence-corrected chi connectivity index (χ2v) is 10.2. The fraction of sp³-hybridized carbons (Fsp3) is 0.227. The molecule has 1 amide bonds. The molecule has 2 aromatic carbocycles. The van der Waals surface area contributed by atoms with Crippen LogP contribution in [0.1, 0.15) is 21.7 Å². The highest BCUT2D eigenvalue weighted by atomic mass is 32.2. The predicted octanol–water partition coefficient (Wildman–Crippen LogP) is 1.55. The van der Waals surface area contributed by atoms with Gasteiger partial charge in [0.05, 0.1) is 16.1 Å². The Morgan fingerprint density at radius 3 is 2.69 bits per heavy atom. The summed E-state index contributed by atoms with van der Waals surface area (Å²) < 4.78 is 0.544. The molecule has 2 aliphatic rings. The fourth-order valence-corrected chi connectivity index (χ4v) is 6.18. The first-order chi connectivity index (χ1) is 16.6. The van der Waals surface area contributed by atoms with Crippen molar-refractivity contribution in [1.29, 1.82) is 0 Å². The van der Waals surface area contributed by atoms with Crippen molar-refractivity contribution in [2.75, 3.05) is 11.1 Å². The number of carboxylic acid groups (broad SMARTS) is 2. The predicted molar refractivity (Wildman–Crippen MR) is 129 cm³/mol. The largest absolute Gasteiger partial charge is 0.506 e. The van der Waals surface area contributed by atoms with Crippen LogP contribution in [0.25, 0.3) is 10.2 Å². The molecule has 0 bridgehead atoms. The summed E-state index contributed by atoms with van der Waals surface area (Å²) in [6, 6.07) is 2.26. The van der Waals surface area contributed by atoms with Crippen molar-refractivity contribution in [1.82, 2.24) is 4.98 Å². The molecule has 1 aromatic heterocycles. The van der Waals surface area contributed by atoms with Gasteiger partial charge in [0.15, 0.2) is 6.04 Å². The Bertz CT molecular complexity index is 1470. The van der Waals surface area contributed by atoms with E-state index in [9.17, 15) is 29.7 Å². The maximum absolute atomic E-state index is 11.9. The van der Waals surface area contributed by atoms with Crippen LogP contribution in [0.3, 0.4) is 0 Å². The van der Waals surface area contributed by atoms with E-state index in [1.54, 1.807) is 6.07 Å². The van der Waals surface area contributed by atoms with E-state index in [2.05, 4.69) is 15.3 Å². The van der Waals surface area contributed by atoms with Crippen molar-refractivity contribution in [2.45, 2.75) is 29.8 Å². The van der Waals surface area contributed by atoms with E-state index in [4.69, 9.17) is 10.8 Å². The Kier molecular flexibility index (Phi) is 5.62. The van der Waals surface area contributed by atoms with Gasteiger partial charge in [0.2, 0.25) is 5.91 Å². The van der Waals surface area contributed by atoms with Gasteiger partial charge < -0.3 is 31.5 Å². The lowest BCUT2D eigenvalue weighted by atomic mass is 9.92. The molecule has 2 atom stereocenters. The summed E-state index contributed by atoms with van der Waals surface area (Å²) in [6.45, 7) is 0. The number of nitrogens with zero attached hydrogens (tertiary/aromatic N) is 2. The highest BCUT2D eigenvalue weighted by Crippen LogP contribution is 2.45. The Morgan fingerprint density at radius 1 is 1.20 bits per heavy atom. The van der Waals surface area contributed by atoms with E-state index in [1.165, 1.54) is 23.9 Å². The number of nitrogens with two attached hydrogens (primary N) is 1. The van der Waals surface area contributed by atoms with E-state index in [0.29, 0.717) is 31.3 Å². The number of carbonyl (C=O) groups is 3. The number of aromatic hydroxyl groups is 2. The van der Waals surface area contributed by atoms with Crippen LogP contribution < -0.4 is 11.1 Å².